The molecule has 5 nitrogen and oxygen atoms in total. The quantitative estimate of drug-likeness (QED) is 0.794. The number of aromatic nitrogens is 1. The van der Waals surface area contributed by atoms with Gasteiger partial charge in [0.25, 0.3) is 10.0 Å². The van der Waals surface area contributed by atoms with E-state index in [-0.39, 0.29) is 4.90 Å². The second kappa shape index (κ2) is 5.58. The average molecular weight is 334 g/mol. The van der Waals surface area contributed by atoms with Gasteiger partial charge in [0.1, 0.15) is 5.75 Å². The Balaban J connectivity index is 1.92. The van der Waals surface area contributed by atoms with Crippen molar-refractivity contribution in [2.45, 2.75) is 11.8 Å². The fourth-order valence-electron chi connectivity index (χ4n) is 2.06. The molecule has 0 saturated heterocycles. The molecule has 0 aliphatic rings. The number of anilines is 1. The van der Waals surface area contributed by atoms with E-state index in [9.17, 15) is 8.42 Å². The van der Waals surface area contributed by atoms with Gasteiger partial charge in [0.05, 0.1) is 27.2 Å². The molecule has 7 heteroatoms. The van der Waals surface area contributed by atoms with Crippen LogP contribution in [-0.4, -0.2) is 20.5 Å². The van der Waals surface area contributed by atoms with E-state index in [4.69, 9.17) is 4.74 Å². The monoisotopic (exact) mass is 334 g/mol. The van der Waals surface area contributed by atoms with Crippen LogP contribution in [0.15, 0.2) is 47.4 Å². The Morgan fingerprint density at radius 3 is 2.55 bits per heavy atom. The number of ether oxygens (including phenoxy) is 1. The second-order valence-electron chi connectivity index (χ2n) is 4.70. The summed E-state index contributed by atoms with van der Waals surface area (Å²) in [7, 11) is -2.07. The Kier molecular flexibility index (Phi) is 3.76. The summed E-state index contributed by atoms with van der Waals surface area (Å²) in [6.45, 7) is 1.90. The number of nitrogens with zero attached hydrogens (tertiary/aromatic N) is 1. The van der Waals surface area contributed by atoms with Crippen LogP contribution in [0.25, 0.3) is 10.2 Å². The van der Waals surface area contributed by atoms with E-state index in [0.29, 0.717) is 11.4 Å². The van der Waals surface area contributed by atoms with Crippen molar-refractivity contribution in [3.8, 4) is 5.75 Å². The molecule has 1 heterocycles. The van der Waals surface area contributed by atoms with Crippen molar-refractivity contribution in [1.29, 1.82) is 0 Å². The maximum Gasteiger partial charge on any atom is 0.261 e. The van der Waals surface area contributed by atoms with Gasteiger partial charge in [0.2, 0.25) is 0 Å². The molecule has 0 fully saturated rings. The zero-order valence-electron chi connectivity index (χ0n) is 12.0. The lowest BCUT2D eigenvalue weighted by Gasteiger charge is -2.08. The summed E-state index contributed by atoms with van der Waals surface area (Å²) >= 11 is 1.47. The lowest BCUT2D eigenvalue weighted by atomic mass is 10.3. The molecule has 0 amide bonds. The number of nitrogens with one attached hydrogen (secondary N) is 1. The van der Waals surface area contributed by atoms with Crippen LogP contribution >= 0.6 is 11.3 Å². The molecular weight excluding hydrogens is 320 g/mol. The van der Waals surface area contributed by atoms with Crippen molar-refractivity contribution < 1.29 is 13.2 Å². The second-order valence-corrected chi connectivity index (χ2v) is 7.61. The van der Waals surface area contributed by atoms with Crippen LogP contribution in [-0.2, 0) is 10.0 Å². The molecule has 0 spiro atoms. The molecule has 2 aromatic carbocycles. The number of sulfonamides is 1. The average Bonchev–Trinajstić information content (AvgIpc) is 2.86. The van der Waals surface area contributed by atoms with Gasteiger partial charge in [-0.1, -0.05) is 0 Å². The number of rotatable bonds is 4. The zero-order valence-corrected chi connectivity index (χ0v) is 13.7. The predicted molar refractivity (Wildman–Crippen MR) is 88.2 cm³/mol. The first-order valence-electron chi connectivity index (χ1n) is 6.52. The van der Waals surface area contributed by atoms with Crippen LogP contribution in [0.2, 0.25) is 0 Å². The van der Waals surface area contributed by atoms with Crippen LogP contribution in [0.4, 0.5) is 5.69 Å². The number of aryl methyl sites for hydroxylation is 1. The third-order valence-electron chi connectivity index (χ3n) is 3.12. The summed E-state index contributed by atoms with van der Waals surface area (Å²) in [5.74, 6) is 0.671. The topological polar surface area (TPSA) is 68.3 Å². The van der Waals surface area contributed by atoms with Gasteiger partial charge < -0.3 is 4.74 Å². The molecular formula is C15H14N2O3S2. The van der Waals surface area contributed by atoms with Gasteiger partial charge in [-0.2, -0.15) is 0 Å². The van der Waals surface area contributed by atoms with Crippen LogP contribution in [0.5, 0.6) is 5.75 Å². The van der Waals surface area contributed by atoms with Crippen molar-refractivity contribution in [2.75, 3.05) is 11.8 Å². The predicted octanol–water partition coefficient (Wildman–Crippen LogP) is 3.41. The van der Waals surface area contributed by atoms with Crippen molar-refractivity contribution >= 4 is 37.3 Å². The highest BCUT2D eigenvalue weighted by Gasteiger charge is 2.15. The molecule has 114 valence electrons. The molecule has 0 atom stereocenters. The maximum atomic E-state index is 12.4. The van der Waals surface area contributed by atoms with E-state index in [0.717, 1.165) is 15.2 Å². The summed E-state index contributed by atoms with van der Waals surface area (Å²) < 4.78 is 33.4. The first-order chi connectivity index (χ1) is 10.5. The summed E-state index contributed by atoms with van der Waals surface area (Å²) in [4.78, 5) is 4.55. The Hall–Kier alpha value is -2.12. The molecule has 0 aliphatic heterocycles. The standard InChI is InChI=1S/C15H14N2O3S2/c1-10-16-14-8-7-13(9-15(14)21-10)22(18,19)17-11-3-5-12(20-2)6-4-11/h3-9,17H,1-2H3. The summed E-state index contributed by atoms with van der Waals surface area (Å²) in [6, 6.07) is 11.7. The molecule has 0 aliphatic carbocycles. The first kappa shape index (κ1) is 14.8. The third kappa shape index (κ3) is 2.90. The van der Waals surface area contributed by atoms with Gasteiger partial charge in [-0.25, -0.2) is 13.4 Å². The first-order valence-corrected chi connectivity index (χ1v) is 8.82. The summed E-state index contributed by atoms with van der Waals surface area (Å²) in [5, 5.41) is 0.910. The minimum Gasteiger partial charge on any atom is -0.497 e. The minimum absolute atomic E-state index is 0.222. The molecule has 3 rings (SSSR count). The van der Waals surface area contributed by atoms with E-state index in [1.165, 1.54) is 11.3 Å². The van der Waals surface area contributed by atoms with Crippen molar-refractivity contribution in [1.82, 2.24) is 4.98 Å². The molecule has 22 heavy (non-hydrogen) atoms. The highest BCUT2D eigenvalue weighted by Crippen LogP contribution is 2.26. The van der Waals surface area contributed by atoms with E-state index in [2.05, 4.69) is 9.71 Å². The summed E-state index contributed by atoms with van der Waals surface area (Å²) in [6.07, 6.45) is 0. The number of hydrogen-bond donors (Lipinski definition) is 1. The van der Waals surface area contributed by atoms with Gasteiger partial charge in [-0.15, -0.1) is 11.3 Å². The lowest BCUT2D eigenvalue weighted by molar-refractivity contribution is 0.415. The lowest BCUT2D eigenvalue weighted by Crippen LogP contribution is -2.12. The van der Waals surface area contributed by atoms with Gasteiger partial charge in [0.15, 0.2) is 0 Å². The van der Waals surface area contributed by atoms with Crippen LogP contribution in [0, 0.1) is 6.92 Å². The van der Waals surface area contributed by atoms with Crippen LogP contribution in [0.3, 0.4) is 0 Å². The van der Waals surface area contributed by atoms with Gasteiger partial charge in [-0.3, -0.25) is 4.72 Å². The SMILES string of the molecule is COc1ccc(NS(=O)(=O)c2ccc3nc(C)sc3c2)cc1. The molecule has 0 saturated carbocycles. The van der Waals surface area contributed by atoms with Gasteiger partial charge in [-0.05, 0) is 49.4 Å². The van der Waals surface area contributed by atoms with Crippen molar-refractivity contribution in [3.63, 3.8) is 0 Å². The van der Waals surface area contributed by atoms with Crippen LogP contribution in [0.1, 0.15) is 5.01 Å². The third-order valence-corrected chi connectivity index (χ3v) is 5.43. The van der Waals surface area contributed by atoms with Crippen molar-refractivity contribution in [2.24, 2.45) is 0 Å². The number of hydrogen-bond acceptors (Lipinski definition) is 5. The van der Waals surface area contributed by atoms with Crippen molar-refractivity contribution in [3.05, 3.63) is 47.5 Å². The fraction of sp³-hybridized carbons (Fsp3) is 0.133. The number of methoxy groups -OCH3 is 1. The normalized spacial score (nSPS) is 11.5. The Labute approximate surface area is 132 Å². The van der Waals surface area contributed by atoms with E-state index in [1.807, 2.05) is 6.92 Å². The molecule has 0 radical (unpaired) electrons. The Bertz CT molecular complexity index is 916. The van der Waals surface area contributed by atoms with E-state index < -0.39 is 10.0 Å². The molecule has 0 bridgehead atoms. The molecule has 0 unspecified atom stereocenters. The number of benzene rings is 2. The summed E-state index contributed by atoms with van der Waals surface area (Å²) in [5.41, 5.74) is 1.30. The molecule has 1 N–H and O–H groups in total. The minimum atomic E-state index is -3.63. The smallest absolute Gasteiger partial charge is 0.261 e. The maximum absolute atomic E-state index is 12.4. The van der Waals surface area contributed by atoms with Gasteiger partial charge in [0, 0.05) is 5.69 Å². The fourth-order valence-corrected chi connectivity index (χ4v) is 4.09. The number of fused-ring (bicyclic) bond motifs is 1. The van der Waals surface area contributed by atoms with E-state index in [1.54, 1.807) is 49.6 Å². The van der Waals surface area contributed by atoms with Crippen LogP contribution < -0.4 is 9.46 Å². The highest BCUT2D eigenvalue weighted by molar-refractivity contribution is 7.92. The Morgan fingerprint density at radius 1 is 1.14 bits per heavy atom. The largest absolute Gasteiger partial charge is 0.497 e. The number of thiazole rings is 1. The highest BCUT2D eigenvalue weighted by atomic mass is 32.2. The Morgan fingerprint density at radius 2 is 1.86 bits per heavy atom. The van der Waals surface area contributed by atoms with Gasteiger partial charge >= 0.3 is 0 Å². The molecule has 3 aromatic rings. The molecule has 1 aromatic heterocycles. The van der Waals surface area contributed by atoms with E-state index >= 15 is 0 Å². The zero-order chi connectivity index (χ0) is 15.7.